The van der Waals surface area contributed by atoms with Crippen molar-refractivity contribution >= 4 is 0 Å². The van der Waals surface area contributed by atoms with Crippen LogP contribution in [0.5, 0.6) is 5.75 Å². The fourth-order valence-electron chi connectivity index (χ4n) is 3.94. The van der Waals surface area contributed by atoms with E-state index >= 15 is 0 Å². The minimum absolute atomic E-state index is 0.727. The van der Waals surface area contributed by atoms with Gasteiger partial charge in [-0.25, -0.2) is 0 Å². The molecule has 1 aliphatic carbocycles. The van der Waals surface area contributed by atoms with Crippen LogP contribution >= 0.6 is 0 Å². The van der Waals surface area contributed by atoms with Crippen molar-refractivity contribution in [2.75, 3.05) is 6.61 Å². The number of para-hydroxylation sites is 1. The van der Waals surface area contributed by atoms with Gasteiger partial charge in [0.15, 0.2) is 0 Å². The van der Waals surface area contributed by atoms with Crippen molar-refractivity contribution in [1.82, 2.24) is 0 Å². The Bertz CT molecular complexity index is 476. The van der Waals surface area contributed by atoms with Crippen molar-refractivity contribution in [3.63, 3.8) is 0 Å². The van der Waals surface area contributed by atoms with Crippen molar-refractivity contribution in [3.8, 4) is 5.75 Å². The summed E-state index contributed by atoms with van der Waals surface area (Å²) in [5.74, 6) is 2.68. The Morgan fingerprint density at radius 2 is 1.84 bits per heavy atom. The average molecular weight is 343 g/mol. The summed E-state index contributed by atoms with van der Waals surface area (Å²) < 4.78 is 5.81. The van der Waals surface area contributed by atoms with Crippen LogP contribution in [0.25, 0.3) is 0 Å². The quantitative estimate of drug-likeness (QED) is 0.281. The zero-order chi connectivity index (χ0) is 17.7. The van der Waals surface area contributed by atoms with Crippen LogP contribution in [0.1, 0.15) is 84.5 Å². The van der Waals surface area contributed by atoms with E-state index < -0.39 is 0 Å². The summed E-state index contributed by atoms with van der Waals surface area (Å²) in [6, 6.07) is 10.2. The first-order chi connectivity index (χ1) is 12.3. The summed E-state index contributed by atoms with van der Waals surface area (Å²) in [6.07, 6.45) is 17.6. The number of benzene rings is 1. The number of hydrogen-bond acceptors (Lipinski definition) is 1. The van der Waals surface area contributed by atoms with Crippen molar-refractivity contribution in [3.05, 3.63) is 42.0 Å². The van der Waals surface area contributed by atoms with Gasteiger partial charge in [-0.3, -0.25) is 0 Å². The third-order valence-corrected chi connectivity index (χ3v) is 5.70. The maximum Gasteiger partial charge on any atom is 0.119 e. The molecule has 2 atom stereocenters. The molecule has 1 nitrogen and oxygen atoms in total. The van der Waals surface area contributed by atoms with E-state index in [1.807, 2.05) is 30.3 Å². The Morgan fingerprint density at radius 1 is 1.04 bits per heavy atom. The average Bonchev–Trinajstić information content (AvgIpc) is 2.66. The molecule has 1 aromatic carbocycles. The molecule has 1 aliphatic rings. The third kappa shape index (κ3) is 8.12. The molecule has 0 radical (unpaired) electrons. The molecule has 0 bridgehead atoms. The Balaban J connectivity index is 1.57. The van der Waals surface area contributed by atoms with Crippen LogP contribution in [0, 0.1) is 11.8 Å². The van der Waals surface area contributed by atoms with Gasteiger partial charge in [-0.1, -0.05) is 82.2 Å². The molecule has 0 fully saturated rings. The van der Waals surface area contributed by atoms with Gasteiger partial charge in [-0.15, -0.1) is 0 Å². The Kier molecular flexibility index (Phi) is 9.77. The van der Waals surface area contributed by atoms with Crippen LogP contribution in [0.3, 0.4) is 0 Å². The molecule has 0 saturated heterocycles. The predicted octanol–water partition coefficient (Wildman–Crippen LogP) is 7.57. The topological polar surface area (TPSA) is 9.23 Å². The molecule has 0 spiro atoms. The maximum absolute atomic E-state index is 5.81. The molecular formula is C24H38O. The number of allylic oxidation sites excluding steroid dienone is 2. The summed E-state index contributed by atoms with van der Waals surface area (Å²) in [7, 11) is 0. The second-order valence-electron chi connectivity index (χ2n) is 7.83. The lowest BCUT2D eigenvalue weighted by molar-refractivity contribution is 0.297. The Morgan fingerprint density at radius 3 is 2.56 bits per heavy atom. The van der Waals surface area contributed by atoms with Crippen LogP contribution in [0.2, 0.25) is 0 Å². The van der Waals surface area contributed by atoms with E-state index in [0.29, 0.717) is 0 Å². The first-order valence-electron chi connectivity index (χ1n) is 10.7. The van der Waals surface area contributed by atoms with Gasteiger partial charge in [0.1, 0.15) is 5.75 Å². The van der Waals surface area contributed by atoms with Crippen molar-refractivity contribution in [2.45, 2.75) is 84.5 Å². The van der Waals surface area contributed by atoms with Crippen LogP contribution in [-0.4, -0.2) is 6.61 Å². The molecule has 0 saturated carbocycles. The standard InChI is InChI=1S/C24H38O/c1-3-4-5-6-8-13-22-16-18-23(19-17-22)21(2)12-11-20-25-24-14-9-7-10-15-24/h7,9-10,14-15,18,21-22H,3-6,8,11-13,16-17,19-20H2,1-2H3. The zero-order valence-electron chi connectivity index (χ0n) is 16.5. The molecule has 1 heteroatoms. The zero-order valence-corrected chi connectivity index (χ0v) is 16.5. The molecule has 0 aromatic heterocycles. The van der Waals surface area contributed by atoms with E-state index in [4.69, 9.17) is 4.74 Å². The molecule has 25 heavy (non-hydrogen) atoms. The van der Waals surface area contributed by atoms with E-state index in [-0.39, 0.29) is 0 Å². The molecule has 140 valence electrons. The van der Waals surface area contributed by atoms with E-state index in [9.17, 15) is 0 Å². The van der Waals surface area contributed by atoms with Crippen molar-refractivity contribution in [1.29, 1.82) is 0 Å². The Hall–Kier alpha value is -1.24. The summed E-state index contributed by atoms with van der Waals surface area (Å²) in [5, 5.41) is 0. The minimum Gasteiger partial charge on any atom is -0.494 e. The highest BCUT2D eigenvalue weighted by Gasteiger charge is 2.17. The van der Waals surface area contributed by atoms with E-state index in [0.717, 1.165) is 30.6 Å². The maximum atomic E-state index is 5.81. The monoisotopic (exact) mass is 342 g/mol. The molecule has 0 heterocycles. The lowest BCUT2D eigenvalue weighted by Crippen LogP contribution is -2.11. The van der Waals surface area contributed by atoms with Crippen LogP contribution in [0.4, 0.5) is 0 Å². The van der Waals surface area contributed by atoms with Crippen LogP contribution < -0.4 is 4.74 Å². The van der Waals surface area contributed by atoms with Gasteiger partial charge in [0.25, 0.3) is 0 Å². The molecule has 1 aromatic rings. The fraction of sp³-hybridized carbons (Fsp3) is 0.667. The fourth-order valence-corrected chi connectivity index (χ4v) is 3.94. The van der Waals surface area contributed by atoms with Gasteiger partial charge in [-0.2, -0.15) is 0 Å². The molecule has 2 unspecified atom stereocenters. The van der Waals surface area contributed by atoms with Gasteiger partial charge in [0.2, 0.25) is 0 Å². The second kappa shape index (κ2) is 12.2. The molecular weight excluding hydrogens is 304 g/mol. The lowest BCUT2D eigenvalue weighted by Gasteiger charge is -2.25. The van der Waals surface area contributed by atoms with Crippen molar-refractivity contribution in [2.24, 2.45) is 11.8 Å². The Labute approximate surface area is 155 Å². The normalized spacial score (nSPS) is 18.6. The third-order valence-electron chi connectivity index (χ3n) is 5.70. The van der Waals surface area contributed by atoms with Gasteiger partial charge in [0, 0.05) is 0 Å². The number of ether oxygens (including phenoxy) is 1. The minimum atomic E-state index is 0.727. The number of hydrogen-bond donors (Lipinski definition) is 0. The number of rotatable bonds is 12. The van der Waals surface area contributed by atoms with Gasteiger partial charge in [0.05, 0.1) is 6.61 Å². The molecule has 0 aliphatic heterocycles. The molecule has 2 rings (SSSR count). The van der Waals surface area contributed by atoms with E-state index in [1.165, 1.54) is 64.2 Å². The van der Waals surface area contributed by atoms with Gasteiger partial charge >= 0.3 is 0 Å². The number of unbranched alkanes of at least 4 members (excludes halogenated alkanes) is 4. The largest absolute Gasteiger partial charge is 0.494 e. The van der Waals surface area contributed by atoms with E-state index in [1.54, 1.807) is 5.57 Å². The summed E-state index contributed by atoms with van der Waals surface area (Å²) >= 11 is 0. The molecule has 0 amide bonds. The van der Waals surface area contributed by atoms with Crippen LogP contribution in [0.15, 0.2) is 42.0 Å². The SMILES string of the molecule is CCCCCCCC1CC=C(C(C)CCCOc2ccccc2)CC1. The first kappa shape index (κ1) is 20.1. The highest BCUT2D eigenvalue weighted by Crippen LogP contribution is 2.32. The molecule has 0 N–H and O–H groups in total. The summed E-state index contributed by atoms with van der Waals surface area (Å²) in [6.45, 7) is 5.53. The highest BCUT2D eigenvalue weighted by molar-refractivity contribution is 5.20. The van der Waals surface area contributed by atoms with Gasteiger partial charge < -0.3 is 4.74 Å². The highest BCUT2D eigenvalue weighted by atomic mass is 16.5. The predicted molar refractivity (Wildman–Crippen MR) is 109 cm³/mol. The summed E-state index contributed by atoms with van der Waals surface area (Å²) in [4.78, 5) is 0. The smallest absolute Gasteiger partial charge is 0.119 e. The summed E-state index contributed by atoms with van der Waals surface area (Å²) in [5.41, 5.74) is 1.71. The second-order valence-corrected chi connectivity index (χ2v) is 7.83. The van der Waals surface area contributed by atoms with Crippen LogP contribution in [-0.2, 0) is 0 Å². The van der Waals surface area contributed by atoms with Gasteiger partial charge in [-0.05, 0) is 56.1 Å². The van der Waals surface area contributed by atoms with Crippen molar-refractivity contribution < 1.29 is 4.74 Å². The lowest BCUT2D eigenvalue weighted by atomic mass is 9.81. The van der Waals surface area contributed by atoms with E-state index in [2.05, 4.69) is 19.9 Å². The first-order valence-corrected chi connectivity index (χ1v) is 10.7.